The van der Waals surface area contributed by atoms with Crippen LogP contribution in [0.1, 0.15) is 10.4 Å². The smallest absolute Gasteiger partial charge is 0.349 e. The maximum atomic E-state index is 12.7. The topological polar surface area (TPSA) is 91.4 Å². The fraction of sp³-hybridized carbons (Fsp3) is 0.0769. The standard InChI is InChI=1S/C13H9FN2O5/c1-15-7-9(16(19)20)6-11(12(15)17)13(18)21-10-4-2-8(14)3-5-10/h2-7H,1H3. The Balaban J connectivity index is 2.36. The molecule has 2 aromatic rings. The molecule has 108 valence electrons. The molecule has 0 atom stereocenters. The van der Waals surface area contributed by atoms with Gasteiger partial charge in [0.05, 0.1) is 11.1 Å². The van der Waals surface area contributed by atoms with Gasteiger partial charge in [0.15, 0.2) is 0 Å². The Hall–Kier alpha value is -3.03. The lowest BCUT2D eigenvalue weighted by molar-refractivity contribution is -0.385. The average Bonchev–Trinajstić information content (AvgIpc) is 2.43. The molecule has 0 saturated heterocycles. The minimum absolute atomic E-state index is 0.0231. The Bertz CT molecular complexity index is 767. The summed E-state index contributed by atoms with van der Waals surface area (Å²) < 4.78 is 18.5. The fourth-order valence-electron chi connectivity index (χ4n) is 1.60. The molecule has 0 aliphatic rings. The van der Waals surface area contributed by atoms with Gasteiger partial charge in [-0.1, -0.05) is 0 Å². The van der Waals surface area contributed by atoms with E-state index >= 15 is 0 Å². The highest BCUT2D eigenvalue weighted by atomic mass is 19.1. The predicted octanol–water partition coefficient (Wildman–Crippen LogP) is 1.65. The van der Waals surface area contributed by atoms with Gasteiger partial charge in [0, 0.05) is 13.1 Å². The molecule has 1 aromatic heterocycles. The Kier molecular flexibility index (Phi) is 3.79. The number of nitro groups is 1. The van der Waals surface area contributed by atoms with Gasteiger partial charge in [-0.2, -0.15) is 0 Å². The highest BCUT2D eigenvalue weighted by Gasteiger charge is 2.19. The molecule has 0 spiro atoms. The van der Waals surface area contributed by atoms with E-state index in [-0.39, 0.29) is 5.75 Å². The van der Waals surface area contributed by atoms with Gasteiger partial charge in [0.25, 0.3) is 11.2 Å². The van der Waals surface area contributed by atoms with Crippen molar-refractivity contribution in [3.63, 3.8) is 0 Å². The number of carbonyl (C=O) groups is 1. The maximum absolute atomic E-state index is 12.7. The number of aromatic nitrogens is 1. The Morgan fingerprint density at radius 1 is 1.33 bits per heavy atom. The minimum Gasteiger partial charge on any atom is -0.423 e. The number of nitrogens with zero attached hydrogens (tertiary/aromatic N) is 2. The summed E-state index contributed by atoms with van der Waals surface area (Å²) >= 11 is 0. The highest BCUT2D eigenvalue weighted by Crippen LogP contribution is 2.15. The van der Waals surface area contributed by atoms with Crippen LogP contribution in [0.2, 0.25) is 0 Å². The first-order chi connectivity index (χ1) is 9.88. The van der Waals surface area contributed by atoms with Crippen LogP contribution in [0.3, 0.4) is 0 Å². The number of carbonyl (C=O) groups excluding carboxylic acids is 1. The van der Waals surface area contributed by atoms with Crippen LogP contribution < -0.4 is 10.3 Å². The summed E-state index contributed by atoms with van der Waals surface area (Å²) in [6.45, 7) is 0. The number of pyridine rings is 1. The van der Waals surface area contributed by atoms with E-state index < -0.39 is 33.5 Å². The summed E-state index contributed by atoms with van der Waals surface area (Å²) in [6.07, 6.45) is 0.997. The second-order valence-corrected chi connectivity index (χ2v) is 4.13. The summed E-state index contributed by atoms with van der Waals surface area (Å²) in [5.74, 6) is -1.54. The van der Waals surface area contributed by atoms with Crippen molar-refractivity contribution in [1.82, 2.24) is 4.57 Å². The molecule has 0 fully saturated rings. The molecule has 2 rings (SSSR count). The molecule has 0 saturated carbocycles. The Morgan fingerprint density at radius 2 is 1.95 bits per heavy atom. The molecule has 0 bridgehead atoms. The largest absolute Gasteiger partial charge is 0.423 e. The van der Waals surface area contributed by atoms with Crippen molar-refractivity contribution in [3.05, 3.63) is 68.4 Å². The molecule has 0 amide bonds. The van der Waals surface area contributed by atoms with Gasteiger partial charge in [-0.25, -0.2) is 9.18 Å². The normalized spacial score (nSPS) is 10.2. The third-order valence-electron chi connectivity index (χ3n) is 2.62. The number of ether oxygens (including phenoxy) is 1. The number of aryl methyl sites for hydroxylation is 1. The van der Waals surface area contributed by atoms with E-state index in [1.54, 1.807) is 0 Å². The van der Waals surface area contributed by atoms with Crippen molar-refractivity contribution in [3.8, 4) is 5.75 Å². The molecule has 0 N–H and O–H groups in total. The van der Waals surface area contributed by atoms with Crippen molar-refractivity contribution in [2.75, 3.05) is 0 Å². The molecule has 0 aliphatic carbocycles. The molecule has 0 unspecified atom stereocenters. The van der Waals surface area contributed by atoms with Crippen LogP contribution in [0, 0.1) is 15.9 Å². The van der Waals surface area contributed by atoms with Crippen molar-refractivity contribution in [2.45, 2.75) is 0 Å². The summed E-state index contributed by atoms with van der Waals surface area (Å²) in [5.41, 5.74) is -1.62. The average molecular weight is 292 g/mol. The zero-order valence-corrected chi connectivity index (χ0v) is 10.8. The van der Waals surface area contributed by atoms with Crippen molar-refractivity contribution in [1.29, 1.82) is 0 Å². The summed E-state index contributed by atoms with van der Waals surface area (Å²) in [6, 6.07) is 5.40. The Morgan fingerprint density at radius 3 is 2.52 bits per heavy atom. The summed E-state index contributed by atoms with van der Waals surface area (Å²) in [4.78, 5) is 33.7. The SMILES string of the molecule is Cn1cc([N+](=O)[O-])cc(C(=O)Oc2ccc(F)cc2)c1=O. The van der Waals surface area contributed by atoms with Crippen LogP contribution >= 0.6 is 0 Å². The lowest BCUT2D eigenvalue weighted by Gasteiger charge is -2.05. The minimum atomic E-state index is -1.05. The number of rotatable bonds is 3. The fourth-order valence-corrected chi connectivity index (χ4v) is 1.60. The predicted molar refractivity (Wildman–Crippen MR) is 69.7 cm³/mol. The maximum Gasteiger partial charge on any atom is 0.349 e. The zero-order valence-electron chi connectivity index (χ0n) is 10.8. The van der Waals surface area contributed by atoms with Crippen molar-refractivity contribution in [2.24, 2.45) is 7.05 Å². The Labute approximate surface area is 117 Å². The molecule has 1 heterocycles. The molecular weight excluding hydrogens is 283 g/mol. The second-order valence-electron chi connectivity index (χ2n) is 4.13. The highest BCUT2D eigenvalue weighted by molar-refractivity contribution is 5.91. The van der Waals surface area contributed by atoms with E-state index in [2.05, 4.69) is 0 Å². The molecule has 7 nitrogen and oxygen atoms in total. The van der Waals surface area contributed by atoms with Crippen LogP contribution in [-0.2, 0) is 7.05 Å². The van der Waals surface area contributed by atoms with Crippen molar-refractivity contribution >= 4 is 11.7 Å². The molecule has 1 aromatic carbocycles. The van der Waals surface area contributed by atoms with E-state index in [1.165, 1.54) is 19.2 Å². The van der Waals surface area contributed by atoms with E-state index in [1.807, 2.05) is 0 Å². The van der Waals surface area contributed by atoms with Gasteiger partial charge in [-0.3, -0.25) is 14.9 Å². The number of hydrogen-bond acceptors (Lipinski definition) is 5. The summed E-state index contributed by atoms with van der Waals surface area (Å²) in [5, 5.41) is 10.7. The third kappa shape index (κ3) is 3.11. The van der Waals surface area contributed by atoms with Crippen molar-refractivity contribution < 1.29 is 18.8 Å². The molecule has 0 aliphatic heterocycles. The first-order valence-electron chi connectivity index (χ1n) is 5.71. The van der Waals surface area contributed by atoms with Gasteiger partial charge in [0.2, 0.25) is 0 Å². The molecular formula is C13H9FN2O5. The van der Waals surface area contributed by atoms with Gasteiger partial charge >= 0.3 is 5.97 Å². The molecule has 8 heteroatoms. The molecule has 21 heavy (non-hydrogen) atoms. The monoisotopic (exact) mass is 292 g/mol. The number of hydrogen-bond donors (Lipinski definition) is 0. The molecule has 0 radical (unpaired) electrons. The van der Waals surface area contributed by atoms with E-state index in [0.717, 1.165) is 29.0 Å². The first kappa shape index (κ1) is 14.4. The first-order valence-corrected chi connectivity index (χ1v) is 5.71. The van der Waals surface area contributed by atoms with E-state index in [4.69, 9.17) is 4.74 Å². The van der Waals surface area contributed by atoms with Crippen LogP contribution in [0.4, 0.5) is 10.1 Å². The van der Waals surface area contributed by atoms with Gasteiger partial charge in [0.1, 0.15) is 17.1 Å². The van der Waals surface area contributed by atoms with Gasteiger partial charge in [-0.15, -0.1) is 0 Å². The summed E-state index contributed by atoms with van der Waals surface area (Å²) in [7, 11) is 1.28. The van der Waals surface area contributed by atoms with Gasteiger partial charge in [-0.05, 0) is 24.3 Å². The van der Waals surface area contributed by atoms with Gasteiger partial charge < -0.3 is 9.30 Å². The number of benzene rings is 1. The van der Waals surface area contributed by atoms with E-state index in [9.17, 15) is 24.1 Å². The second kappa shape index (κ2) is 5.53. The van der Waals surface area contributed by atoms with Crippen LogP contribution in [0.5, 0.6) is 5.75 Å². The van der Waals surface area contributed by atoms with Crippen LogP contribution in [0.25, 0.3) is 0 Å². The van der Waals surface area contributed by atoms with E-state index in [0.29, 0.717) is 0 Å². The lowest BCUT2D eigenvalue weighted by Crippen LogP contribution is -2.26. The zero-order chi connectivity index (χ0) is 15.6. The number of esters is 1. The number of halogens is 1. The lowest BCUT2D eigenvalue weighted by atomic mass is 10.2. The van der Waals surface area contributed by atoms with Crippen LogP contribution in [-0.4, -0.2) is 15.5 Å². The third-order valence-corrected chi connectivity index (χ3v) is 2.62. The van der Waals surface area contributed by atoms with Crippen LogP contribution in [0.15, 0.2) is 41.3 Å². The quantitative estimate of drug-likeness (QED) is 0.371.